The van der Waals surface area contributed by atoms with Crippen LogP contribution in [-0.4, -0.2) is 5.97 Å². The van der Waals surface area contributed by atoms with Crippen molar-refractivity contribution in [3.05, 3.63) is 66.7 Å². The maximum absolute atomic E-state index is 12.3. The lowest BCUT2D eigenvalue weighted by Crippen LogP contribution is -2.08. The van der Waals surface area contributed by atoms with Crippen LogP contribution in [0.5, 0.6) is 0 Å². The molecule has 0 N–H and O–H groups in total. The van der Waals surface area contributed by atoms with Crippen LogP contribution in [0.4, 0.5) is 0 Å². The van der Waals surface area contributed by atoms with E-state index in [2.05, 4.69) is 6.07 Å². The van der Waals surface area contributed by atoms with Crippen molar-refractivity contribution >= 4 is 28.3 Å². The van der Waals surface area contributed by atoms with Crippen LogP contribution in [0.25, 0.3) is 11.0 Å². The number of hydrogen-bond acceptors (Lipinski definition) is 5. The zero-order valence-electron chi connectivity index (χ0n) is 14.2. The van der Waals surface area contributed by atoms with Gasteiger partial charge in [-0.2, -0.15) is 0 Å². The summed E-state index contributed by atoms with van der Waals surface area (Å²) in [7, 11) is 0. The Morgan fingerprint density at radius 3 is 2.64 bits per heavy atom. The van der Waals surface area contributed by atoms with Gasteiger partial charge in [-0.15, -0.1) is 11.3 Å². The standard InChI is InChI=1S/C20H18O4S/c1-11-6-16(12(2)25-11)20(22)23-10-15-9-19(21)24-18-8-14-5-3-4-13(14)7-17(15)18/h6-9H,3-5,10H2,1-2H3. The normalized spacial score (nSPS) is 13.2. The number of ether oxygens (including phenoxy) is 1. The molecule has 0 radical (unpaired) electrons. The smallest absolute Gasteiger partial charge is 0.339 e. The molecule has 0 unspecified atom stereocenters. The summed E-state index contributed by atoms with van der Waals surface area (Å²) < 4.78 is 10.8. The quantitative estimate of drug-likeness (QED) is 0.519. The van der Waals surface area contributed by atoms with E-state index in [4.69, 9.17) is 9.15 Å². The van der Waals surface area contributed by atoms with E-state index in [1.807, 2.05) is 26.0 Å². The molecule has 25 heavy (non-hydrogen) atoms. The summed E-state index contributed by atoms with van der Waals surface area (Å²) in [6.07, 6.45) is 3.18. The molecule has 128 valence electrons. The fourth-order valence-corrected chi connectivity index (χ4v) is 4.38. The Morgan fingerprint density at radius 2 is 1.92 bits per heavy atom. The van der Waals surface area contributed by atoms with Gasteiger partial charge >= 0.3 is 11.6 Å². The van der Waals surface area contributed by atoms with Gasteiger partial charge in [0, 0.05) is 26.8 Å². The van der Waals surface area contributed by atoms with Crippen molar-refractivity contribution in [3.63, 3.8) is 0 Å². The SMILES string of the molecule is Cc1cc(C(=O)OCc2cc(=O)oc3cc4c(cc23)CCC4)c(C)s1. The number of carbonyl (C=O) groups excluding carboxylic acids is 1. The minimum atomic E-state index is -0.418. The van der Waals surface area contributed by atoms with E-state index in [0.29, 0.717) is 16.7 Å². The number of esters is 1. The van der Waals surface area contributed by atoms with Crippen LogP contribution in [0.3, 0.4) is 0 Å². The Balaban J connectivity index is 1.66. The number of carbonyl (C=O) groups is 1. The third kappa shape index (κ3) is 3.00. The Morgan fingerprint density at radius 1 is 1.16 bits per heavy atom. The predicted molar refractivity (Wildman–Crippen MR) is 97.4 cm³/mol. The first-order chi connectivity index (χ1) is 12.0. The molecule has 2 aromatic heterocycles. The highest BCUT2D eigenvalue weighted by atomic mass is 32.1. The molecule has 0 aliphatic heterocycles. The zero-order valence-corrected chi connectivity index (χ0v) is 15.0. The van der Waals surface area contributed by atoms with Gasteiger partial charge < -0.3 is 9.15 Å². The van der Waals surface area contributed by atoms with Crippen molar-refractivity contribution in [2.24, 2.45) is 0 Å². The van der Waals surface area contributed by atoms with Gasteiger partial charge in [0.15, 0.2) is 0 Å². The molecule has 5 heteroatoms. The van der Waals surface area contributed by atoms with Crippen LogP contribution in [0, 0.1) is 13.8 Å². The average molecular weight is 354 g/mol. The number of rotatable bonds is 3. The van der Waals surface area contributed by atoms with Gasteiger partial charge in [-0.3, -0.25) is 0 Å². The Kier molecular flexibility index (Phi) is 3.96. The lowest BCUT2D eigenvalue weighted by molar-refractivity contribution is 0.0473. The molecule has 2 heterocycles. The van der Waals surface area contributed by atoms with Gasteiger partial charge in [-0.25, -0.2) is 9.59 Å². The monoisotopic (exact) mass is 354 g/mol. The van der Waals surface area contributed by atoms with E-state index in [1.165, 1.54) is 17.2 Å². The van der Waals surface area contributed by atoms with E-state index in [0.717, 1.165) is 34.4 Å². The van der Waals surface area contributed by atoms with Crippen molar-refractivity contribution in [1.82, 2.24) is 0 Å². The minimum Gasteiger partial charge on any atom is -0.457 e. The van der Waals surface area contributed by atoms with Crippen LogP contribution in [0.2, 0.25) is 0 Å². The second-order valence-corrected chi connectivity index (χ2v) is 7.92. The van der Waals surface area contributed by atoms with Crippen LogP contribution >= 0.6 is 11.3 Å². The van der Waals surface area contributed by atoms with Crippen molar-refractivity contribution < 1.29 is 13.9 Å². The number of fused-ring (bicyclic) bond motifs is 2. The van der Waals surface area contributed by atoms with Gasteiger partial charge in [-0.05, 0) is 62.4 Å². The molecule has 1 aromatic carbocycles. The lowest BCUT2D eigenvalue weighted by Gasteiger charge is -2.09. The average Bonchev–Trinajstić information content (AvgIpc) is 3.15. The van der Waals surface area contributed by atoms with Crippen LogP contribution < -0.4 is 5.63 Å². The molecule has 3 aromatic rings. The Bertz CT molecular complexity index is 1040. The summed E-state index contributed by atoms with van der Waals surface area (Å²) in [5, 5.41) is 0.853. The molecule has 0 saturated heterocycles. The highest BCUT2D eigenvalue weighted by Crippen LogP contribution is 2.29. The summed E-state index contributed by atoms with van der Waals surface area (Å²) in [4.78, 5) is 26.2. The van der Waals surface area contributed by atoms with Crippen molar-refractivity contribution in [3.8, 4) is 0 Å². The summed E-state index contributed by atoms with van der Waals surface area (Å²) in [6.45, 7) is 3.93. The Labute approximate surface area is 149 Å². The third-order valence-corrected chi connectivity index (χ3v) is 5.63. The van der Waals surface area contributed by atoms with Gasteiger partial charge in [0.1, 0.15) is 12.2 Å². The molecule has 0 spiro atoms. The van der Waals surface area contributed by atoms with Crippen molar-refractivity contribution in [2.75, 3.05) is 0 Å². The summed E-state index contributed by atoms with van der Waals surface area (Å²) in [6, 6.07) is 7.29. The predicted octanol–water partition coefficient (Wildman–Crippen LogP) is 4.32. The second-order valence-electron chi connectivity index (χ2n) is 6.46. The van der Waals surface area contributed by atoms with E-state index in [9.17, 15) is 9.59 Å². The number of benzene rings is 1. The van der Waals surface area contributed by atoms with E-state index in [1.54, 1.807) is 11.3 Å². The summed E-state index contributed by atoms with van der Waals surface area (Å²) >= 11 is 1.57. The fourth-order valence-electron chi connectivity index (χ4n) is 3.47. The number of aryl methyl sites for hydroxylation is 4. The molecular weight excluding hydrogens is 336 g/mol. The zero-order chi connectivity index (χ0) is 17.6. The fraction of sp³-hybridized carbons (Fsp3) is 0.300. The summed E-state index contributed by atoms with van der Waals surface area (Å²) in [5.41, 5.74) is 3.97. The molecule has 0 amide bonds. The molecule has 0 fully saturated rings. The number of hydrogen-bond donors (Lipinski definition) is 0. The largest absolute Gasteiger partial charge is 0.457 e. The van der Waals surface area contributed by atoms with Gasteiger partial charge in [0.25, 0.3) is 0 Å². The molecular formula is C20H18O4S. The van der Waals surface area contributed by atoms with Gasteiger partial charge in [-0.1, -0.05) is 0 Å². The van der Waals surface area contributed by atoms with Crippen LogP contribution in [0.1, 0.15) is 43.2 Å². The topological polar surface area (TPSA) is 56.5 Å². The number of thiophene rings is 1. The molecule has 0 bridgehead atoms. The Hall–Kier alpha value is -2.40. The summed E-state index contributed by atoms with van der Waals surface area (Å²) in [5.74, 6) is -0.357. The van der Waals surface area contributed by atoms with E-state index >= 15 is 0 Å². The highest BCUT2D eigenvalue weighted by Gasteiger charge is 2.17. The van der Waals surface area contributed by atoms with Gasteiger partial charge in [0.2, 0.25) is 0 Å². The van der Waals surface area contributed by atoms with Crippen LogP contribution in [-0.2, 0) is 24.2 Å². The second kappa shape index (κ2) is 6.15. The molecule has 1 aliphatic carbocycles. The first-order valence-electron chi connectivity index (χ1n) is 8.34. The highest BCUT2D eigenvalue weighted by molar-refractivity contribution is 7.12. The first kappa shape index (κ1) is 16.1. The van der Waals surface area contributed by atoms with E-state index < -0.39 is 5.63 Å². The molecule has 4 rings (SSSR count). The van der Waals surface area contributed by atoms with Crippen molar-refractivity contribution in [2.45, 2.75) is 39.7 Å². The lowest BCUT2D eigenvalue weighted by atomic mass is 10.0. The molecule has 0 saturated carbocycles. The minimum absolute atomic E-state index is 0.0635. The maximum Gasteiger partial charge on any atom is 0.339 e. The van der Waals surface area contributed by atoms with Gasteiger partial charge in [0.05, 0.1) is 5.56 Å². The van der Waals surface area contributed by atoms with Crippen LogP contribution in [0.15, 0.2) is 33.5 Å². The molecule has 1 aliphatic rings. The third-order valence-electron chi connectivity index (χ3n) is 4.66. The first-order valence-corrected chi connectivity index (χ1v) is 9.15. The molecule has 0 atom stereocenters. The maximum atomic E-state index is 12.3. The van der Waals surface area contributed by atoms with E-state index in [-0.39, 0.29) is 12.6 Å². The molecule has 4 nitrogen and oxygen atoms in total. The van der Waals surface area contributed by atoms with Crippen molar-refractivity contribution in [1.29, 1.82) is 0 Å².